The molecule has 0 saturated carbocycles. The molecule has 2 fully saturated rings. The minimum Gasteiger partial charge on any atom is -0.497 e. The van der Waals surface area contributed by atoms with Gasteiger partial charge in [0, 0.05) is 42.2 Å². The number of halogens is 1. The molecule has 2 saturated heterocycles. The number of hydrogen-bond donors (Lipinski definition) is 1. The Bertz CT molecular complexity index is 730. The van der Waals surface area contributed by atoms with Crippen molar-refractivity contribution in [3.63, 3.8) is 0 Å². The highest BCUT2D eigenvalue weighted by Gasteiger charge is 2.31. The van der Waals surface area contributed by atoms with Gasteiger partial charge in [-0.15, -0.1) is 12.4 Å². The van der Waals surface area contributed by atoms with Gasteiger partial charge in [0.05, 0.1) is 19.8 Å². The van der Waals surface area contributed by atoms with E-state index in [2.05, 4.69) is 5.32 Å². The fourth-order valence-corrected chi connectivity index (χ4v) is 3.77. The third-order valence-corrected chi connectivity index (χ3v) is 5.08. The topological polar surface area (TPSA) is 54.7 Å². The van der Waals surface area contributed by atoms with Gasteiger partial charge in [-0.2, -0.15) is 0 Å². The number of ether oxygens (including phenoxy) is 1. The molecule has 4 rings (SSSR count). The van der Waals surface area contributed by atoms with Gasteiger partial charge >= 0.3 is 0 Å². The predicted molar refractivity (Wildman–Crippen MR) is 94.9 cm³/mol. The number of nitrogens with one attached hydrogen (secondary N) is 1. The van der Waals surface area contributed by atoms with Crippen LogP contribution >= 0.6 is 12.4 Å². The average molecular weight is 351 g/mol. The monoisotopic (exact) mass is 350 g/mol. The second kappa shape index (κ2) is 7.03. The summed E-state index contributed by atoms with van der Waals surface area (Å²) in [5, 5.41) is 4.61. The zero-order chi connectivity index (χ0) is 15.8. The summed E-state index contributed by atoms with van der Waals surface area (Å²) in [4.78, 5) is 14.7. The van der Waals surface area contributed by atoms with Gasteiger partial charge in [0.25, 0.3) is 0 Å². The van der Waals surface area contributed by atoms with E-state index >= 15 is 0 Å². The van der Waals surface area contributed by atoms with Crippen molar-refractivity contribution in [2.75, 3.05) is 20.2 Å². The van der Waals surface area contributed by atoms with E-state index in [1.165, 1.54) is 12.8 Å². The summed E-state index contributed by atoms with van der Waals surface area (Å²) in [5.74, 6) is 0.956. The number of carbonyl (C=O) groups is 1. The van der Waals surface area contributed by atoms with Crippen molar-refractivity contribution in [1.82, 2.24) is 10.2 Å². The SMILES string of the molecule is COc1ccc2c(CC(=O)N3CCC4CCC(C3)N4)coc2c1.Cl. The molecular formula is C18H23ClN2O3. The largest absolute Gasteiger partial charge is 0.497 e. The average Bonchev–Trinajstić information content (AvgIpc) is 3.10. The Kier molecular flexibility index (Phi) is 5.01. The molecule has 130 valence electrons. The minimum atomic E-state index is 0. The molecule has 1 aromatic carbocycles. The smallest absolute Gasteiger partial charge is 0.227 e. The van der Waals surface area contributed by atoms with Crippen molar-refractivity contribution in [2.45, 2.75) is 37.8 Å². The number of likely N-dealkylation sites (tertiary alicyclic amines) is 1. The van der Waals surface area contributed by atoms with Crippen LogP contribution in [0, 0.1) is 0 Å². The van der Waals surface area contributed by atoms with Crippen molar-refractivity contribution in [3.05, 3.63) is 30.0 Å². The summed E-state index contributed by atoms with van der Waals surface area (Å²) < 4.78 is 10.8. The first kappa shape index (κ1) is 17.1. The predicted octanol–water partition coefficient (Wildman–Crippen LogP) is 2.76. The Morgan fingerprint density at radius 3 is 3.00 bits per heavy atom. The highest BCUT2D eigenvalue weighted by Crippen LogP contribution is 2.27. The molecule has 1 aromatic heterocycles. The highest BCUT2D eigenvalue weighted by atomic mass is 35.5. The maximum atomic E-state index is 12.7. The number of methoxy groups -OCH3 is 1. The molecule has 0 radical (unpaired) electrons. The third-order valence-electron chi connectivity index (χ3n) is 5.08. The number of benzene rings is 1. The fourth-order valence-electron chi connectivity index (χ4n) is 3.77. The van der Waals surface area contributed by atoms with Gasteiger partial charge in [0.2, 0.25) is 5.91 Å². The van der Waals surface area contributed by atoms with Crippen molar-refractivity contribution in [1.29, 1.82) is 0 Å². The minimum absolute atomic E-state index is 0. The van der Waals surface area contributed by atoms with Crippen molar-refractivity contribution in [2.24, 2.45) is 0 Å². The van der Waals surface area contributed by atoms with Gasteiger partial charge in [-0.3, -0.25) is 4.79 Å². The van der Waals surface area contributed by atoms with E-state index in [-0.39, 0.29) is 18.3 Å². The molecular weight excluding hydrogens is 328 g/mol. The Hall–Kier alpha value is -1.72. The second-order valence-electron chi connectivity index (χ2n) is 6.57. The molecule has 2 atom stereocenters. The molecule has 6 heteroatoms. The Labute approximate surface area is 147 Å². The van der Waals surface area contributed by atoms with Crippen LogP contribution < -0.4 is 10.1 Å². The van der Waals surface area contributed by atoms with Crippen LogP contribution in [-0.4, -0.2) is 43.1 Å². The molecule has 0 aliphatic carbocycles. The van der Waals surface area contributed by atoms with E-state index in [4.69, 9.17) is 9.15 Å². The summed E-state index contributed by atoms with van der Waals surface area (Å²) in [6, 6.07) is 6.79. The third kappa shape index (κ3) is 3.23. The van der Waals surface area contributed by atoms with E-state index in [1.54, 1.807) is 13.4 Å². The Morgan fingerprint density at radius 2 is 2.17 bits per heavy atom. The molecule has 2 bridgehead atoms. The van der Waals surface area contributed by atoms with Crippen LogP contribution in [0.25, 0.3) is 11.0 Å². The first-order valence-electron chi connectivity index (χ1n) is 8.31. The summed E-state index contributed by atoms with van der Waals surface area (Å²) in [7, 11) is 1.63. The first-order chi connectivity index (χ1) is 11.2. The van der Waals surface area contributed by atoms with Crippen molar-refractivity contribution < 1.29 is 13.9 Å². The van der Waals surface area contributed by atoms with Gasteiger partial charge in [-0.05, 0) is 31.4 Å². The number of nitrogens with zero attached hydrogens (tertiary/aromatic N) is 1. The normalized spacial score (nSPS) is 23.0. The van der Waals surface area contributed by atoms with Crippen LogP contribution in [0.3, 0.4) is 0 Å². The number of furan rings is 1. The van der Waals surface area contributed by atoms with Crippen LogP contribution in [0.15, 0.2) is 28.9 Å². The molecule has 2 unspecified atom stereocenters. The molecule has 3 heterocycles. The Balaban J connectivity index is 0.00000169. The van der Waals surface area contributed by atoms with E-state index in [1.807, 2.05) is 23.1 Å². The maximum absolute atomic E-state index is 12.7. The van der Waals surface area contributed by atoms with Crippen LogP contribution in [-0.2, 0) is 11.2 Å². The summed E-state index contributed by atoms with van der Waals surface area (Å²) in [5.41, 5.74) is 1.72. The number of amides is 1. The molecule has 2 aliphatic rings. The molecule has 1 N–H and O–H groups in total. The maximum Gasteiger partial charge on any atom is 0.227 e. The van der Waals surface area contributed by atoms with Crippen LogP contribution in [0.5, 0.6) is 5.75 Å². The van der Waals surface area contributed by atoms with E-state index in [9.17, 15) is 4.79 Å². The van der Waals surface area contributed by atoms with Crippen molar-refractivity contribution in [3.8, 4) is 5.75 Å². The number of hydrogen-bond acceptors (Lipinski definition) is 4. The number of fused-ring (bicyclic) bond motifs is 3. The van der Waals surface area contributed by atoms with Crippen LogP contribution in [0.2, 0.25) is 0 Å². The number of carbonyl (C=O) groups excluding carboxylic acids is 1. The lowest BCUT2D eigenvalue weighted by atomic mass is 10.1. The lowest BCUT2D eigenvalue weighted by Crippen LogP contribution is -2.39. The van der Waals surface area contributed by atoms with Crippen LogP contribution in [0.4, 0.5) is 0 Å². The second-order valence-corrected chi connectivity index (χ2v) is 6.57. The van der Waals surface area contributed by atoms with Crippen LogP contribution in [0.1, 0.15) is 24.8 Å². The molecule has 2 aliphatic heterocycles. The molecule has 5 nitrogen and oxygen atoms in total. The van der Waals surface area contributed by atoms with Gasteiger partial charge in [-0.1, -0.05) is 0 Å². The number of rotatable bonds is 3. The molecule has 0 spiro atoms. The zero-order valence-electron chi connectivity index (χ0n) is 13.8. The van der Waals surface area contributed by atoms with Gasteiger partial charge in [-0.25, -0.2) is 0 Å². The first-order valence-corrected chi connectivity index (χ1v) is 8.31. The van der Waals surface area contributed by atoms with E-state index in [0.717, 1.165) is 41.8 Å². The molecule has 2 aromatic rings. The van der Waals surface area contributed by atoms with E-state index in [0.29, 0.717) is 18.5 Å². The fraction of sp³-hybridized carbons (Fsp3) is 0.500. The highest BCUT2D eigenvalue weighted by molar-refractivity contribution is 5.88. The standard InChI is InChI=1S/C18H22N2O3.ClH/c1-22-15-4-5-16-12(11-23-17(16)9-15)8-18(21)20-7-6-13-2-3-14(10-20)19-13;/h4-5,9,11,13-14,19H,2-3,6-8,10H2,1H3;1H. The Morgan fingerprint density at radius 1 is 1.33 bits per heavy atom. The van der Waals surface area contributed by atoms with Gasteiger partial charge < -0.3 is 19.4 Å². The van der Waals surface area contributed by atoms with Crippen molar-refractivity contribution >= 4 is 29.3 Å². The van der Waals surface area contributed by atoms with E-state index < -0.39 is 0 Å². The summed E-state index contributed by atoms with van der Waals surface area (Å²) in [6.45, 7) is 1.69. The van der Waals surface area contributed by atoms with Gasteiger partial charge in [0.1, 0.15) is 11.3 Å². The lowest BCUT2D eigenvalue weighted by Gasteiger charge is -2.24. The molecule has 1 amide bonds. The quantitative estimate of drug-likeness (QED) is 0.924. The molecule has 24 heavy (non-hydrogen) atoms. The summed E-state index contributed by atoms with van der Waals surface area (Å²) >= 11 is 0. The zero-order valence-corrected chi connectivity index (χ0v) is 14.6. The summed E-state index contributed by atoms with van der Waals surface area (Å²) in [6.07, 6.45) is 5.59. The lowest BCUT2D eigenvalue weighted by molar-refractivity contribution is -0.130. The van der Waals surface area contributed by atoms with Gasteiger partial charge in [0.15, 0.2) is 0 Å².